The molecule has 0 bridgehead atoms. The zero-order valence-corrected chi connectivity index (χ0v) is 33.3. The summed E-state index contributed by atoms with van der Waals surface area (Å²) in [5.74, 6) is 1.04. The van der Waals surface area contributed by atoms with Gasteiger partial charge in [-0.25, -0.2) is 9.97 Å². The number of alkyl halides is 7. The molecule has 0 saturated carbocycles. The molecular weight excluding hydrogens is 810 g/mol. The minimum absolute atomic E-state index is 0.139. The van der Waals surface area contributed by atoms with Gasteiger partial charge in [0.15, 0.2) is 0 Å². The number of benzene rings is 4. The number of nitrogens with one attached hydrogen (secondary N) is 1. The summed E-state index contributed by atoms with van der Waals surface area (Å²) < 4.78 is 86.6. The van der Waals surface area contributed by atoms with Gasteiger partial charge in [-0.2, -0.15) is 26.3 Å². The molecule has 300 valence electrons. The highest BCUT2D eigenvalue weighted by molar-refractivity contribution is 9.08. The van der Waals surface area contributed by atoms with E-state index in [1.807, 2.05) is 73.7 Å². The Bertz CT molecular complexity index is 2120. The maximum atomic E-state index is 12.8. The van der Waals surface area contributed by atoms with Crippen LogP contribution in [0.15, 0.2) is 133 Å². The number of hydrogen-bond donors (Lipinski definition) is 2. The van der Waals surface area contributed by atoms with E-state index in [4.69, 9.17) is 15.2 Å². The number of hydrogen-bond acceptors (Lipinski definition) is 6. The van der Waals surface area contributed by atoms with E-state index >= 15 is 0 Å². The molecular formula is C44H43BrF6N4O2. The topological polar surface area (TPSA) is 82.3 Å². The van der Waals surface area contributed by atoms with Gasteiger partial charge in [0.25, 0.3) is 0 Å². The van der Waals surface area contributed by atoms with Gasteiger partial charge >= 0.3 is 12.4 Å². The Balaban J connectivity index is 0.000000215. The Kier molecular flexibility index (Phi) is 16.2. The fourth-order valence-electron chi connectivity index (χ4n) is 5.40. The summed E-state index contributed by atoms with van der Waals surface area (Å²) in [7, 11) is 3.01. The van der Waals surface area contributed by atoms with Crippen LogP contribution in [-0.4, -0.2) is 24.2 Å². The van der Waals surface area contributed by atoms with E-state index in [0.29, 0.717) is 45.9 Å². The third kappa shape index (κ3) is 13.2. The molecule has 0 aliphatic carbocycles. The monoisotopic (exact) mass is 852 g/mol. The van der Waals surface area contributed by atoms with Crippen molar-refractivity contribution in [1.82, 2.24) is 15.3 Å². The van der Waals surface area contributed by atoms with Crippen LogP contribution in [0.25, 0.3) is 22.5 Å². The second-order valence-electron chi connectivity index (χ2n) is 12.7. The first-order valence-electron chi connectivity index (χ1n) is 17.7. The Morgan fingerprint density at radius 2 is 0.982 bits per heavy atom. The number of halogens is 7. The predicted molar refractivity (Wildman–Crippen MR) is 216 cm³/mol. The average molecular weight is 854 g/mol. The Labute approximate surface area is 337 Å². The molecule has 13 heteroatoms. The van der Waals surface area contributed by atoms with E-state index in [9.17, 15) is 26.3 Å². The van der Waals surface area contributed by atoms with Gasteiger partial charge in [-0.3, -0.25) is 0 Å². The molecule has 3 N–H and O–H groups in total. The summed E-state index contributed by atoms with van der Waals surface area (Å²) >= 11 is 3.30. The normalized spacial score (nSPS) is 12.3. The molecule has 2 aromatic heterocycles. The molecule has 6 nitrogen and oxygen atoms in total. The molecule has 0 saturated heterocycles. The van der Waals surface area contributed by atoms with Gasteiger partial charge in [-0.1, -0.05) is 101 Å². The SMILES string of the molecule is COc1ccc(CBr)nc1-c1ccc(C(F)(F)F)cc1.COc1ccc(CN[C@H](C)c2ccccc2)nc1-c1ccc(C(F)(F)F)cc1.C[C@@H](N)c1ccccc1. The molecule has 2 atom stereocenters. The van der Waals surface area contributed by atoms with E-state index in [1.54, 1.807) is 18.2 Å². The van der Waals surface area contributed by atoms with Gasteiger partial charge in [0, 0.05) is 35.1 Å². The summed E-state index contributed by atoms with van der Waals surface area (Å²) in [6, 6.07) is 37.4. The molecule has 0 unspecified atom stereocenters. The van der Waals surface area contributed by atoms with Crippen LogP contribution in [0.4, 0.5) is 26.3 Å². The number of nitrogens with two attached hydrogens (primary N) is 1. The van der Waals surface area contributed by atoms with E-state index in [1.165, 1.54) is 49.6 Å². The molecule has 6 aromatic rings. The highest BCUT2D eigenvalue weighted by atomic mass is 79.9. The van der Waals surface area contributed by atoms with E-state index < -0.39 is 23.5 Å². The van der Waals surface area contributed by atoms with Crippen molar-refractivity contribution >= 4 is 15.9 Å². The largest absolute Gasteiger partial charge is 0.494 e. The summed E-state index contributed by atoms with van der Waals surface area (Å²) in [6.07, 6.45) is -8.71. The van der Waals surface area contributed by atoms with Gasteiger partial charge in [0.1, 0.15) is 22.9 Å². The fourth-order valence-corrected chi connectivity index (χ4v) is 5.71. The number of rotatable bonds is 10. The van der Waals surface area contributed by atoms with Crippen LogP contribution in [-0.2, 0) is 24.2 Å². The van der Waals surface area contributed by atoms with Crippen LogP contribution < -0.4 is 20.5 Å². The summed E-state index contributed by atoms with van der Waals surface area (Å²) in [6.45, 7) is 4.57. The first-order valence-corrected chi connectivity index (χ1v) is 18.8. The lowest BCUT2D eigenvalue weighted by Crippen LogP contribution is -2.18. The molecule has 6 rings (SSSR count). The number of aromatic nitrogens is 2. The molecule has 0 radical (unpaired) electrons. The van der Waals surface area contributed by atoms with Crippen LogP contribution in [0, 0.1) is 0 Å². The van der Waals surface area contributed by atoms with Gasteiger partial charge in [-0.15, -0.1) is 0 Å². The Morgan fingerprint density at radius 1 is 0.579 bits per heavy atom. The number of nitrogens with zero attached hydrogens (tertiary/aromatic N) is 2. The smallest absolute Gasteiger partial charge is 0.416 e. The zero-order chi connectivity index (χ0) is 41.6. The zero-order valence-electron chi connectivity index (χ0n) is 31.7. The van der Waals surface area contributed by atoms with Crippen LogP contribution in [0.5, 0.6) is 11.5 Å². The average Bonchev–Trinajstić information content (AvgIpc) is 3.23. The first-order chi connectivity index (χ1) is 27.1. The number of pyridine rings is 2. The first kappa shape index (κ1) is 44.5. The van der Waals surface area contributed by atoms with E-state index in [-0.39, 0.29) is 12.1 Å². The predicted octanol–water partition coefficient (Wildman–Crippen LogP) is 12.0. The standard InChI is InChI=1S/C22H21F3N2O.C14H11BrF3NO.C8H11N/c1-15(16-6-4-3-5-7-16)26-14-19-12-13-20(28-2)21(27-19)17-8-10-18(11-9-17)22(23,24)25;1-20-12-7-6-11(8-15)19-13(12)9-2-4-10(5-3-9)14(16,17)18;1-7(9)8-5-3-2-4-6-8/h3-13,15,26H,14H2,1-2H3;2-7H,8H2,1H3;2-7H,9H2,1H3/t15-;;7-/m1.1/s1. The van der Waals surface area contributed by atoms with Crippen LogP contribution in [0.2, 0.25) is 0 Å². The molecule has 0 spiro atoms. The third-order valence-corrected chi connectivity index (χ3v) is 9.17. The highest BCUT2D eigenvalue weighted by Gasteiger charge is 2.31. The van der Waals surface area contributed by atoms with Crippen LogP contribution in [0.1, 0.15) is 59.6 Å². The van der Waals surface area contributed by atoms with Gasteiger partial charge in [-0.05, 0) is 73.5 Å². The van der Waals surface area contributed by atoms with Crippen molar-refractivity contribution in [1.29, 1.82) is 0 Å². The maximum absolute atomic E-state index is 12.8. The van der Waals surface area contributed by atoms with Crippen molar-refractivity contribution in [2.75, 3.05) is 14.2 Å². The third-order valence-electron chi connectivity index (χ3n) is 8.59. The lowest BCUT2D eigenvalue weighted by molar-refractivity contribution is -0.138. The second kappa shape index (κ2) is 20.8. The summed E-state index contributed by atoms with van der Waals surface area (Å²) in [5.41, 5.74) is 10.3. The lowest BCUT2D eigenvalue weighted by atomic mass is 10.1. The second-order valence-corrected chi connectivity index (χ2v) is 13.3. The van der Waals surface area contributed by atoms with E-state index in [0.717, 1.165) is 35.7 Å². The molecule has 2 heterocycles. The van der Waals surface area contributed by atoms with Gasteiger partial charge in [0.05, 0.1) is 36.7 Å². The van der Waals surface area contributed by atoms with Crippen molar-refractivity contribution in [3.05, 3.63) is 167 Å². The number of methoxy groups -OCH3 is 2. The van der Waals surface area contributed by atoms with Crippen molar-refractivity contribution in [3.8, 4) is 34.0 Å². The van der Waals surface area contributed by atoms with Crippen LogP contribution >= 0.6 is 15.9 Å². The van der Waals surface area contributed by atoms with Crippen molar-refractivity contribution in [2.45, 2.75) is 50.2 Å². The Morgan fingerprint density at radius 3 is 1.35 bits per heavy atom. The minimum atomic E-state index is -4.37. The molecule has 0 aliphatic rings. The fraction of sp³-hybridized carbons (Fsp3) is 0.227. The van der Waals surface area contributed by atoms with Crippen molar-refractivity contribution < 1.29 is 35.8 Å². The molecule has 0 aliphatic heterocycles. The molecule has 0 amide bonds. The van der Waals surface area contributed by atoms with Crippen LogP contribution in [0.3, 0.4) is 0 Å². The maximum Gasteiger partial charge on any atom is 0.416 e. The Hall–Kier alpha value is -5.24. The van der Waals surface area contributed by atoms with Gasteiger partial charge < -0.3 is 20.5 Å². The highest BCUT2D eigenvalue weighted by Crippen LogP contribution is 2.35. The molecule has 57 heavy (non-hydrogen) atoms. The van der Waals surface area contributed by atoms with E-state index in [2.05, 4.69) is 38.1 Å². The summed E-state index contributed by atoms with van der Waals surface area (Å²) in [4.78, 5) is 8.97. The number of ether oxygens (including phenoxy) is 2. The van der Waals surface area contributed by atoms with Crippen molar-refractivity contribution in [3.63, 3.8) is 0 Å². The molecule has 4 aromatic carbocycles. The van der Waals surface area contributed by atoms with Crippen molar-refractivity contribution in [2.24, 2.45) is 5.73 Å². The minimum Gasteiger partial charge on any atom is -0.494 e. The molecule has 0 fully saturated rings. The summed E-state index contributed by atoms with van der Waals surface area (Å²) in [5, 5.41) is 3.97. The quantitative estimate of drug-likeness (QED) is 0.106. The lowest BCUT2D eigenvalue weighted by Gasteiger charge is -2.15. The van der Waals surface area contributed by atoms with Gasteiger partial charge in [0.2, 0.25) is 0 Å².